The topological polar surface area (TPSA) is 143 Å². The first-order chi connectivity index (χ1) is 21.0. The van der Waals surface area contributed by atoms with E-state index < -0.39 is 22.6 Å². The van der Waals surface area contributed by atoms with Crippen LogP contribution in [0.1, 0.15) is 58.4 Å². The Morgan fingerprint density at radius 2 is 1.98 bits per heavy atom. The van der Waals surface area contributed by atoms with E-state index in [-0.39, 0.29) is 48.6 Å². The molecule has 2 aromatic carbocycles. The predicted molar refractivity (Wildman–Crippen MR) is 166 cm³/mol. The van der Waals surface area contributed by atoms with Gasteiger partial charge in [-0.1, -0.05) is 27.2 Å². The maximum Gasteiger partial charge on any atom is 0.308 e. The summed E-state index contributed by atoms with van der Waals surface area (Å²) in [5, 5.41) is 27.4. The summed E-state index contributed by atoms with van der Waals surface area (Å²) in [4.78, 5) is 37.3. The van der Waals surface area contributed by atoms with Gasteiger partial charge in [-0.05, 0) is 61.6 Å². The second-order valence-electron chi connectivity index (χ2n) is 12.3. The Hall–Kier alpha value is -3.93. The smallest absolute Gasteiger partial charge is 0.308 e. The van der Waals surface area contributed by atoms with E-state index in [1.165, 1.54) is 13.5 Å². The number of carbonyl (C=O) groups is 2. The van der Waals surface area contributed by atoms with Gasteiger partial charge in [0, 0.05) is 43.0 Å². The fourth-order valence-corrected chi connectivity index (χ4v) is 6.42. The summed E-state index contributed by atoms with van der Waals surface area (Å²) < 4.78 is 26.7. The van der Waals surface area contributed by atoms with Crippen molar-refractivity contribution < 1.29 is 33.5 Å². The third kappa shape index (κ3) is 7.96. The molecule has 2 aromatic rings. The van der Waals surface area contributed by atoms with Gasteiger partial charge in [0.2, 0.25) is 5.91 Å². The Balaban J connectivity index is 1.46. The minimum absolute atomic E-state index is 0.0389. The monoisotopic (exact) mass is 614 g/mol. The lowest BCUT2D eigenvalue weighted by Gasteiger charge is -2.37. The first kappa shape index (κ1) is 33.0. The molecule has 0 bridgehead atoms. The number of amides is 1. The zero-order valence-corrected chi connectivity index (χ0v) is 25.8. The number of methoxy groups -OCH3 is 1. The fraction of sp³-hybridized carbons (Fsp3) is 0.562. The average Bonchev–Trinajstić information content (AvgIpc) is 2.99. The molecule has 1 heterocycles. The van der Waals surface area contributed by atoms with Crippen LogP contribution in [0.25, 0.3) is 0 Å². The van der Waals surface area contributed by atoms with Gasteiger partial charge >= 0.3 is 5.97 Å². The Bertz CT molecular complexity index is 1350. The van der Waals surface area contributed by atoms with Gasteiger partial charge < -0.3 is 30.1 Å². The standard InChI is InChI=1S/C32H43FN4O7/c1-19(2)23-9-7-20(3)14-28(23)44-18-30(38)35-26-11-8-22(15-29(26)43-4)34-16-24-25(33)10-12-27(37(41)42)31(24)36-13-5-6-21(17-36)32(39)40/h8,10-12,15,19-21,23,28,34H,5-7,9,13-14,16-18H2,1-4H3,(H,35,38)(H,39,40). The number of aliphatic carboxylic acids is 1. The molecule has 1 saturated heterocycles. The highest BCUT2D eigenvalue weighted by molar-refractivity contribution is 5.93. The molecule has 2 aliphatic rings. The molecule has 240 valence electrons. The molecule has 4 rings (SSSR count). The maximum atomic E-state index is 15.2. The van der Waals surface area contributed by atoms with Crippen LogP contribution in [0.3, 0.4) is 0 Å². The van der Waals surface area contributed by atoms with E-state index in [1.54, 1.807) is 23.1 Å². The largest absolute Gasteiger partial charge is 0.494 e. The molecule has 12 heteroatoms. The highest BCUT2D eigenvalue weighted by Gasteiger charge is 2.33. The zero-order valence-electron chi connectivity index (χ0n) is 25.8. The highest BCUT2D eigenvalue weighted by atomic mass is 19.1. The minimum Gasteiger partial charge on any atom is -0.494 e. The van der Waals surface area contributed by atoms with Crippen molar-refractivity contribution >= 4 is 34.6 Å². The molecule has 0 aromatic heterocycles. The molecule has 44 heavy (non-hydrogen) atoms. The normalized spacial score (nSPS) is 22.0. The molecule has 3 N–H and O–H groups in total. The van der Waals surface area contributed by atoms with E-state index in [4.69, 9.17) is 9.47 Å². The zero-order chi connectivity index (χ0) is 32.0. The quantitative estimate of drug-likeness (QED) is 0.192. The van der Waals surface area contributed by atoms with E-state index in [0.717, 1.165) is 25.0 Å². The number of carbonyl (C=O) groups excluding carboxylic acids is 1. The Kier molecular flexibility index (Phi) is 11.0. The van der Waals surface area contributed by atoms with Gasteiger partial charge in [-0.3, -0.25) is 19.7 Å². The number of rotatable bonds is 12. The van der Waals surface area contributed by atoms with E-state index in [0.29, 0.717) is 54.3 Å². The summed E-state index contributed by atoms with van der Waals surface area (Å²) in [6.45, 7) is 6.85. The lowest BCUT2D eigenvalue weighted by molar-refractivity contribution is -0.384. The summed E-state index contributed by atoms with van der Waals surface area (Å²) >= 11 is 0. The third-order valence-electron chi connectivity index (χ3n) is 8.82. The summed E-state index contributed by atoms with van der Waals surface area (Å²) in [7, 11) is 1.47. The first-order valence-corrected chi connectivity index (χ1v) is 15.2. The molecular formula is C32H43FN4O7. The molecule has 11 nitrogen and oxygen atoms in total. The van der Waals surface area contributed by atoms with Crippen molar-refractivity contribution in [2.45, 2.75) is 65.5 Å². The molecule has 1 amide bonds. The highest BCUT2D eigenvalue weighted by Crippen LogP contribution is 2.38. The lowest BCUT2D eigenvalue weighted by atomic mass is 9.75. The van der Waals surface area contributed by atoms with Gasteiger partial charge in [-0.15, -0.1) is 0 Å². The number of carboxylic acids is 1. The third-order valence-corrected chi connectivity index (χ3v) is 8.82. The molecular weight excluding hydrogens is 571 g/mol. The Labute approximate surface area is 257 Å². The Morgan fingerprint density at radius 3 is 2.66 bits per heavy atom. The van der Waals surface area contributed by atoms with E-state index in [2.05, 4.69) is 31.4 Å². The number of ether oxygens (including phenoxy) is 2. The number of benzene rings is 2. The maximum absolute atomic E-state index is 15.2. The number of nitrogens with one attached hydrogen (secondary N) is 2. The van der Waals surface area contributed by atoms with Crippen molar-refractivity contribution in [2.24, 2.45) is 23.7 Å². The molecule has 2 fully saturated rings. The predicted octanol–water partition coefficient (Wildman–Crippen LogP) is 6.07. The number of nitro benzene ring substituents is 1. The van der Waals surface area contributed by atoms with Crippen LogP contribution in [-0.4, -0.2) is 54.8 Å². The molecule has 1 saturated carbocycles. The van der Waals surface area contributed by atoms with Crippen LogP contribution < -0.4 is 20.3 Å². The summed E-state index contributed by atoms with van der Waals surface area (Å²) in [5.74, 6) is -0.795. The molecule has 1 aliphatic heterocycles. The van der Waals surface area contributed by atoms with E-state index in [1.807, 2.05) is 0 Å². The van der Waals surface area contributed by atoms with E-state index in [9.17, 15) is 24.8 Å². The number of hydrogen-bond acceptors (Lipinski definition) is 8. The van der Waals surface area contributed by atoms with Crippen molar-refractivity contribution in [2.75, 3.05) is 42.3 Å². The number of anilines is 3. The number of nitro groups is 1. The van der Waals surface area contributed by atoms with Crippen LogP contribution in [0, 0.1) is 39.6 Å². The van der Waals surface area contributed by atoms with Crippen molar-refractivity contribution in [3.63, 3.8) is 0 Å². The number of carboxylic acid groups (broad SMARTS) is 1. The number of halogens is 1. The van der Waals surface area contributed by atoms with Gasteiger partial charge in [0.1, 0.15) is 23.9 Å². The van der Waals surface area contributed by atoms with Crippen molar-refractivity contribution in [3.8, 4) is 5.75 Å². The average molecular weight is 615 g/mol. The first-order valence-electron chi connectivity index (χ1n) is 15.2. The van der Waals surface area contributed by atoms with Gasteiger partial charge in [-0.2, -0.15) is 0 Å². The second-order valence-corrected chi connectivity index (χ2v) is 12.3. The van der Waals surface area contributed by atoms with Crippen molar-refractivity contribution in [3.05, 3.63) is 51.8 Å². The van der Waals surface area contributed by atoms with Crippen molar-refractivity contribution in [1.29, 1.82) is 0 Å². The van der Waals surface area contributed by atoms with E-state index >= 15 is 4.39 Å². The van der Waals surface area contributed by atoms with Crippen molar-refractivity contribution in [1.82, 2.24) is 0 Å². The second kappa shape index (κ2) is 14.7. The fourth-order valence-electron chi connectivity index (χ4n) is 6.42. The van der Waals surface area contributed by atoms with Gasteiger partial charge in [0.15, 0.2) is 0 Å². The Morgan fingerprint density at radius 1 is 1.20 bits per heavy atom. The number of hydrogen-bond donors (Lipinski definition) is 3. The van der Waals surface area contributed by atoms with Crippen LogP contribution in [0.2, 0.25) is 0 Å². The summed E-state index contributed by atoms with van der Waals surface area (Å²) in [6.07, 6.45) is 4.21. The number of piperidine rings is 1. The van der Waals surface area contributed by atoms with Gasteiger partial charge in [0.25, 0.3) is 5.69 Å². The molecule has 1 aliphatic carbocycles. The summed E-state index contributed by atoms with van der Waals surface area (Å²) in [5.41, 5.74) is 0.839. The van der Waals surface area contributed by atoms with Crippen LogP contribution in [-0.2, 0) is 20.9 Å². The molecule has 0 radical (unpaired) electrons. The summed E-state index contributed by atoms with van der Waals surface area (Å²) in [6, 6.07) is 7.15. The minimum atomic E-state index is -0.984. The van der Waals surface area contributed by atoms with Crippen LogP contribution >= 0.6 is 0 Å². The van der Waals surface area contributed by atoms with Crippen LogP contribution in [0.4, 0.5) is 27.1 Å². The van der Waals surface area contributed by atoms with Gasteiger partial charge in [0.05, 0.1) is 29.7 Å². The van der Waals surface area contributed by atoms with Crippen LogP contribution in [0.5, 0.6) is 5.75 Å². The molecule has 0 spiro atoms. The van der Waals surface area contributed by atoms with Gasteiger partial charge in [-0.25, -0.2) is 4.39 Å². The SMILES string of the molecule is COc1cc(NCc2c(F)ccc([N+](=O)[O-])c2N2CCCC(C(=O)O)C2)ccc1NC(=O)COC1CC(C)CCC1C(C)C. The lowest BCUT2D eigenvalue weighted by Crippen LogP contribution is -2.39. The number of nitrogens with zero attached hydrogens (tertiary/aromatic N) is 2. The molecule has 4 atom stereocenters. The molecule has 4 unspecified atom stereocenters. The van der Waals surface area contributed by atoms with Crippen LogP contribution in [0.15, 0.2) is 30.3 Å².